The van der Waals surface area contributed by atoms with E-state index in [2.05, 4.69) is 33.8 Å². The molecular weight excluding hydrogens is 210 g/mol. The Kier molecular flexibility index (Phi) is 4.57. The molecule has 0 heterocycles. The Hall–Kier alpha value is -1.49. The van der Waals surface area contributed by atoms with E-state index in [1.165, 1.54) is 0 Å². The maximum Gasteiger partial charge on any atom is 0.122 e. The molecule has 0 fully saturated rings. The van der Waals surface area contributed by atoms with Crippen molar-refractivity contribution in [3.05, 3.63) is 28.8 Å². The Labute approximate surface area is 104 Å². The van der Waals surface area contributed by atoms with Gasteiger partial charge in [0.25, 0.3) is 0 Å². The van der Waals surface area contributed by atoms with Gasteiger partial charge in [-0.2, -0.15) is 5.26 Å². The van der Waals surface area contributed by atoms with Gasteiger partial charge < -0.3 is 5.11 Å². The third-order valence-corrected chi connectivity index (χ3v) is 3.58. The van der Waals surface area contributed by atoms with Crippen LogP contribution in [0.4, 0.5) is 0 Å². The van der Waals surface area contributed by atoms with Gasteiger partial charge in [0.05, 0.1) is 11.6 Å². The summed E-state index contributed by atoms with van der Waals surface area (Å²) in [5, 5.41) is 19.4. The smallest absolute Gasteiger partial charge is 0.122 e. The summed E-state index contributed by atoms with van der Waals surface area (Å²) in [5.41, 5.74) is 2.46. The summed E-state index contributed by atoms with van der Waals surface area (Å²) in [5.74, 6) is 0.949. The van der Waals surface area contributed by atoms with Crippen LogP contribution in [0.2, 0.25) is 0 Å². The number of hydrogen-bond acceptors (Lipinski definition) is 2. The zero-order valence-electron chi connectivity index (χ0n) is 11.1. The van der Waals surface area contributed by atoms with Crippen molar-refractivity contribution in [3.63, 3.8) is 0 Å². The van der Waals surface area contributed by atoms with Gasteiger partial charge in [-0.15, -0.1) is 0 Å². The zero-order chi connectivity index (χ0) is 13.0. The standard InChI is InChI=1S/C15H21NO/c1-5-10(3)13-7-12(9-16)8-14(15(13)17)11(4)6-2/h7-8,10-11,17H,5-6H2,1-4H3. The lowest BCUT2D eigenvalue weighted by atomic mass is 9.88. The van der Waals surface area contributed by atoms with E-state index in [1.807, 2.05) is 12.1 Å². The molecule has 0 saturated carbocycles. The lowest BCUT2D eigenvalue weighted by Gasteiger charge is -2.18. The van der Waals surface area contributed by atoms with Crippen molar-refractivity contribution in [2.24, 2.45) is 0 Å². The van der Waals surface area contributed by atoms with Crippen LogP contribution in [0, 0.1) is 11.3 Å². The summed E-state index contributed by atoms with van der Waals surface area (Å²) in [7, 11) is 0. The van der Waals surface area contributed by atoms with Crippen LogP contribution in [0.15, 0.2) is 12.1 Å². The van der Waals surface area contributed by atoms with Gasteiger partial charge in [0.15, 0.2) is 0 Å². The van der Waals surface area contributed by atoms with Gasteiger partial charge >= 0.3 is 0 Å². The molecule has 2 nitrogen and oxygen atoms in total. The van der Waals surface area contributed by atoms with E-state index in [-0.39, 0.29) is 11.8 Å². The van der Waals surface area contributed by atoms with Crippen LogP contribution in [0.25, 0.3) is 0 Å². The van der Waals surface area contributed by atoms with Crippen molar-refractivity contribution >= 4 is 0 Å². The van der Waals surface area contributed by atoms with Crippen molar-refractivity contribution < 1.29 is 5.11 Å². The topological polar surface area (TPSA) is 44.0 Å². The minimum Gasteiger partial charge on any atom is -0.507 e. The van der Waals surface area contributed by atoms with Crippen LogP contribution < -0.4 is 0 Å². The molecule has 2 heteroatoms. The van der Waals surface area contributed by atoms with Gasteiger partial charge in [-0.3, -0.25) is 0 Å². The van der Waals surface area contributed by atoms with Crippen molar-refractivity contribution in [1.29, 1.82) is 5.26 Å². The number of nitrogens with zero attached hydrogens (tertiary/aromatic N) is 1. The monoisotopic (exact) mass is 231 g/mol. The van der Waals surface area contributed by atoms with E-state index in [1.54, 1.807) is 0 Å². The van der Waals surface area contributed by atoms with Gasteiger partial charge in [-0.05, 0) is 47.9 Å². The number of benzene rings is 1. The second-order valence-electron chi connectivity index (χ2n) is 4.73. The molecule has 0 amide bonds. The van der Waals surface area contributed by atoms with Gasteiger partial charge in [0, 0.05) is 0 Å². The maximum absolute atomic E-state index is 10.3. The highest BCUT2D eigenvalue weighted by atomic mass is 16.3. The van der Waals surface area contributed by atoms with E-state index in [4.69, 9.17) is 5.26 Å². The highest BCUT2D eigenvalue weighted by molar-refractivity contribution is 5.50. The molecular formula is C15H21NO. The van der Waals surface area contributed by atoms with Crippen LogP contribution in [0.5, 0.6) is 5.75 Å². The number of phenols is 1. The first-order chi connectivity index (χ1) is 8.04. The highest BCUT2D eigenvalue weighted by Gasteiger charge is 2.17. The molecule has 0 bridgehead atoms. The average Bonchev–Trinajstić information content (AvgIpc) is 2.37. The van der Waals surface area contributed by atoms with Crippen LogP contribution in [0.3, 0.4) is 0 Å². The summed E-state index contributed by atoms with van der Waals surface area (Å²) in [6.45, 7) is 8.34. The lowest BCUT2D eigenvalue weighted by Crippen LogP contribution is -2.00. The molecule has 92 valence electrons. The van der Waals surface area contributed by atoms with Crippen LogP contribution in [0.1, 0.15) is 69.1 Å². The normalized spacial score (nSPS) is 14.1. The lowest BCUT2D eigenvalue weighted by molar-refractivity contribution is 0.449. The summed E-state index contributed by atoms with van der Waals surface area (Å²) in [6, 6.07) is 5.81. The number of hydrogen-bond donors (Lipinski definition) is 1. The molecule has 0 aliphatic carbocycles. The molecule has 17 heavy (non-hydrogen) atoms. The van der Waals surface area contributed by atoms with E-state index in [0.29, 0.717) is 11.3 Å². The molecule has 2 atom stereocenters. The minimum absolute atomic E-state index is 0.283. The Morgan fingerprint density at radius 2 is 1.53 bits per heavy atom. The molecule has 2 unspecified atom stereocenters. The quantitative estimate of drug-likeness (QED) is 0.840. The Morgan fingerprint density at radius 3 is 1.82 bits per heavy atom. The first-order valence-corrected chi connectivity index (χ1v) is 6.31. The molecule has 0 aliphatic heterocycles. The van der Waals surface area contributed by atoms with Gasteiger partial charge in [-0.1, -0.05) is 27.7 Å². The summed E-state index contributed by atoms with van der Waals surface area (Å²) in [4.78, 5) is 0. The summed E-state index contributed by atoms with van der Waals surface area (Å²) < 4.78 is 0. The first-order valence-electron chi connectivity index (χ1n) is 6.31. The number of phenolic OH excluding ortho intramolecular Hbond substituents is 1. The third kappa shape index (κ3) is 2.79. The minimum atomic E-state index is 0.283. The molecule has 1 rings (SSSR count). The molecule has 1 aromatic carbocycles. The SMILES string of the molecule is CCC(C)c1cc(C#N)cc(C(C)CC)c1O. The maximum atomic E-state index is 10.3. The first kappa shape index (κ1) is 13.6. The van der Waals surface area contributed by atoms with Crippen molar-refractivity contribution in [1.82, 2.24) is 0 Å². The Morgan fingerprint density at radius 1 is 1.12 bits per heavy atom. The predicted molar refractivity (Wildman–Crippen MR) is 70.2 cm³/mol. The fraction of sp³-hybridized carbons (Fsp3) is 0.533. The highest BCUT2D eigenvalue weighted by Crippen LogP contribution is 2.36. The van der Waals surface area contributed by atoms with E-state index < -0.39 is 0 Å². The van der Waals surface area contributed by atoms with E-state index in [0.717, 1.165) is 24.0 Å². The second-order valence-corrected chi connectivity index (χ2v) is 4.73. The zero-order valence-corrected chi connectivity index (χ0v) is 11.1. The molecule has 0 aromatic heterocycles. The van der Waals surface area contributed by atoms with E-state index in [9.17, 15) is 5.11 Å². The molecule has 1 aromatic rings. The van der Waals surface area contributed by atoms with Crippen molar-refractivity contribution in [2.75, 3.05) is 0 Å². The average molecular weight is 231 g/mol. The molecule has 0 saturated heterocycles. The van der Waals surface area contributed by atoms with Crippen molar-refractivity contribution in [2.45, 2.75) is 52.4 Å². The van der Waals surface area contributed by atoms with Crippen LogP contribution >= 0.6 is 0 Å². The Balaban J connectivity index is 3.37. The third-order valence-electron chi connectivity index (χ3n) is 3.58. The molecule has 1 N–H and O–H groups in total. The molecule has 0 aliphatic rings. The van der Waals surface area contributed by atoms with Gasteiger partial charge in [0.1, 0.15) is 5.75 Å². The molecule has 0 spiro atoms. The Bertz CT molecular complexity index is 400. The fourth-order valence-corrected chi connectivity index (χ4v) is 1.94. The van der Waals surface area contributed by atoms with E-state index >= 15 is 0 Å². The van der Waals surface area contributed by atoms with Crippen LogP contribution in [-0.2, 0) is 0 Å². The largest absolute Gasteiger partial charge is 0.507 e. The summed E-state index contributed by atoms with van der Waals surface area (Å²) >= 11 is 0. The van der Waals surface area contributed by atoms with Gasteiger partial charge in [0.2, 0.25) is 0 Å². The fourth-order valence-electron chi connectivity index (χ4n) is 1.94. The van der Waals surface area contributed by atoms with Crippen LogP contribution in [-0.4, -0.2) is 5.11 Å². The molecule has 0 radical (unpaired) electrons. The van der Waals surface area contributed by atoms with Gasteiger partial charge in [-0.25, -0.2) is 0 Å². The number of rotatable bonds is 4. The predicted octanol–water partition coefficient (Wildman–Crippen LogP) is 4.29. The second kappa shape index (κ2) is 5.72. The summed E-state index contributed by atoms with van der Waals surface area (Å²) in [6.07, 6.45) is 1.92. The number of aromatic hydroxyl groups is 1. The van der Waals surface area contributed by atoms with Crippen molar-refractivity contribution in [3.8, 4) is 11.8 Å². The number of nitriles is 1.